The van der Waals surface area contributed by atoms with Crippen LogP contribution in [-0.2, 0) is 6.54 Å². The molecule has 7 nitrogen and oxygen atoms in total. The van der Waals surface area contributed by atoms with Crippen molar-refractivity contribution in [3.63, 3.8) is 0 Å². The zero-order valence-electron chi connectivity index (χ0n) is 11.1. The van der Waals surface area contributed by atoms with E-state index in [0.29, 0.717) is 17.4 Å². The standard InChI is InChI=1S/C14H9N3O4S/c18-14-17(16-13(21-14)9-3-1-5-19-9)8-12-15-7-10(20-12)11-4-2-6-22-11/h1-7H,8H2. The van der Waals surface area contributed by atoms with Gasteiger partial charge in [-0.25, -0.2) is 9.78 Å². The molecule has 0 fully saturated rings. The second-order valence-electron chi connectivity index (χ2n) is 4.40. The van der Waals surface area contributed by atoms with Gasteiger partial charge in [0.25, 0.3) is 5.89 Å². The first-order valence-corrected chi connectivity index (χ1v) is 7.28. The molecule has 0 saturated carbocycles. The SMILES string of the molecule is O=c1oc(-c2ccco2)nn1Cc1ncc(-c2cccs2)o1. The van der Waals surface area contributed by atoms with Crippen LogP contribution in [0.4, 0.5) is 0 Å². The fourth-order valence-corrected chi connectivity index (χ4v) is 2.62. The van der Waals surface area contributed by atoms with Gasteiger partial charge in [0.05, 0.1) is 17.3 Å². The van der Waals surface area contributed by atoms with Crippen LogP contribution in [0.3, 0.4) is 0 Å². The Hall–Kier alpha value is -2.87. The van der Waals surface area contributed by atoms with Gasteiger partial charge in [-0.2, -0.15) is 4.68 Å². The predicted octanol–water partition coefficient (Wildman–Crippen LogP) is 2.86. The number of hydrogen-bond acceptors (Lipinski definition) is 7. The molecule has 0 saturated heterocycles. The van der Waals surface area contributed by atoms with Crippen LogP contribution in [0.1, 0.15) is 5.89 Å². The van der Waals surface area contributed by atoms with E-state index in [0.717, 1.165) is 9.56 Å². The molecule has 0 radical (unpaired) electrons. The molecule has 0 aliphatic heterocycles. The van der Waals surface area contributed by atoms with Gasteiger partial charge in [-0.3, -0.25) is 0 Å². The van der Waals surface area contributed by atoms with Crippen molar-refractivity contribution in [2.45, 2.75) is 6.54 Å². The second-order valence-corrected chi connectivity index (χ2v) is 5.35. The number of thiophene rings is 1. The molecule has 4 aromatic rings. The van der Waals surface area contributed by atoms with Crippen LogP contribution >= 0.6 is 11.3 Å². The van der Waals surface area contributed by atoms with Crippen LogP contribution in [0.25, 0.3) is 22.3 Å². The van der Waals surface area contributed by atoms with Crippen LogP contribution in [0.5, 0.6) is 0 Å². The number of rotatable bonds is 4. The van der Waals surface area contributed by atoms with Crippen molar-refractivity contribution in [1.82, 2.24) is 14.8 Å². The molecule has 0 aliphatic rings. The molecule has 0 aromatic carbocycles. The molecule has 0 N–H and O–H groups in total. The fourth-order valence-electron chi connectivity index (χ4n) is 1.95. The van der Waals surface area contributed by atoms with E-state index in [9.17, 15) is 4.79 Å². The van der Waals surface area contributed by atoms with Crippen molar-refractivity contribution in [1.29, 1.82) is 0 Å². The zero-order chi connectivity index (χ0) is 14.9. The number of oxazole rings is 1. The van der Waals surface area contributed by atoms with E-state index in [-0.39, 0.29) is 12.4 Å². The lowest BCUT2D eigenvalue weighted by atomic mass is 10.4. The molecule has 0 unspecified atom stereocenters. The highest BCUT2D eigenvalue weighted by molar-refractivity contribution is 7.13. The Morgan fingerprint density at radius 1 is 1.18 bits per heavy atom. The van der Waals surface area contributed by atoms with Gasteiger partial charge in [-0.15, -0.1) is 16.4 Å². The summed E-state index contributed by atoms with van der Waals surface area (Å²) in [7, 11) is 0. The Morgan fingerprint density at radius 2 is 2.14 bits per heavy atom. The summed E-state index contributed by atoms with van der Waals surface area (Å²) >= 11 is 1.55. The zero-order valence-corrected chi connectivity index (χ0v) is 11.9. The molecular weight excluding hydrogens is 306 g/mol. The summed E-state index contributed by atoms with van der Waals surface area (Å²) in [6.07, 6.45) is 3.11. The highest BCUT2D eigenvalue weighted by atomic mass is 32.1. The van der Waals surface area contributed by atoms with E-state index in [1.165, 1.54) is 6.26 Å². The molecule has 4 rings (SSSR count). The Bertz CT molecular complexity index is 931. The summed E-state index contributed by atoms with van der Waals surface area (Å²) in [6, 6.07) is 7.22. The Morgan fingerprint density at radius 3 is 2.91 bits per heavy atom. The molecular formula is C14H9N3O4S. The van der Waals surface area contributed by atoms with E-state index >= 15 is 0 Å². The van der Waals surface area contributed by atoms with Crippen LogP contribution in [0.15, 0.2) is 60.2 Å². The van der Waals surface area contributed by atoms with E-state index in [4.69, 9.17) is 13.3 Å². The van der Waals surface area contributed by atoms with Gasteiger partial charge in [0.2, 0.25) is 5.89 Å². The molecule has 8 heteroatoms. The van der Waals surface area contributed by atoms with Gasteiger partial charge in [0.1, 0.15) is 6.54 Å². The molecule has 4 heterocycles. The van der Waals surface area contributed by atoms with Crippen LogP contribution < -0.4 is 5.76 Å². The summed E-state index contributed by atoms with van der Waals surface area (Å²) in [4.78, 5) is 16.9. The minimum absolute atomic E-state index is 0.0917. The molecule has 0 amide bonds. The van der Waals surface area contributed by atoms with Crippen molar-refractivity contribution in [3.8, 4) is 22.3 Å². The topological polar surface area (TPSA) is 87.2 Å². The van der Waals surface area contributed by atoms with Crippen LogP contribution in [0.2, 0.25) is 0 Å². The first-order chi connectivity index (χ1) is 10.8. The van der Waals surface area contributed by atoms with Crippen molar-refractivity contribution in [2.24, 2.45) is 0 Å². The minimum Gasteiger partial charge on any atom is -0.459 e. The average molecular weight is 315 g/mol. The van der Waals surface area contributed by atoms with Crippen molar-refractivity contribution in [3.05, 3.63) is 58.5 Å². The van der Waals surface area contributed by atoms with E-state index in [2.05, 4.69) is 10.1 Å². The van der Waals surface area contributed by atoms with Crippen molar-refractivity contribution >= 4 is 11.3 Å². The van der Waals surface area contributed by atoms with E-state index in [1.54, 1.807) is 29.7 Å². The molecule has 0 atom stereocenters. The number of aromatic nitrogens is 3. The first kappa shape index (κ1) is 12.8. The van der Waals surface area contributed by atoms with Gasteiger partial charge in [0, 0.05) is 0 Å². The second kappa shape index (κ2) is 5.15. The number of hydrogen-bond donors (Lipinski definition) is 0. The molecule has 0 spiro atoms. The lowest BCUT2D eigenvalue weighted by Gasteiger charge is -1.93. The maximum Gasteiger partial charge on any atom is 0.437 e. The van der Waals surface area contributed by atoms with Crippen LogP contribution in [0, 0.1) is 0 Å². The normalized spacial score (nSPS) is 11.1. The van der Waals surface area contributed by atoms with Gasteiger partial charge in [0.15, 0.2) is 11.5 Å². The average Bonchev–Trinajstić information content (AvgIpc) is 3.28. The van der Waals surface area contributed by atoms with Gasteiger partial charge < -0.3 is 13.3 Å². The smallest absolute Gasteiger partial charge is 0.437 e. The first-order valence-electron chi connectivity index (χ1n) is 6.40. The van der Waals surface area contributed by atoms with E-state index < -0.39 is 5.76 Å². The highest BCUT2D eigenvalue weighted by Crippen LogP contribution is 2.25. The molecule has 22 heavy (non-hydrogen) atoms. The largest absolute Gasteiger partial charge is 0.459 e. The third-order valence-electron chi connectivity index (χ3n) is 2.94. The maximum absolute atomic E-state index is 11.8. The predicted molar refractivity (Wildman–Crippen MR) is 77.4 cm³/mol. The Kier molecular flexibility index (Phi) is 3.01. The Balaban J connectivity index is 1.60. The summed E-state index contributed by atoms with van der Waals surface area (Å²) in [5.41, 5.74) is 0. The van der Waals surface area contributed by atoms with E-state index in [1.807, 2.05) is 17.5 Å². The van der Waals surface area contributed by atoms with Gasteiger partial charge in [-0.1, -0.05) is 6.07 Å². The highest BCUT2D eigenvalue weighted by Gasteiger charge is 2.15. The number of furan rings is 1. The summed E-state index contributed by atoms with van der Waals surface area (Å²) in [6.45, 7) is 0.0917. The maximum atomic E-state index is 11.8. The molecule has 4 aromatic heterocycles. The lowest BCUT2D eigenvalue weighted by molar-refractivity contribution is 0.442. The monoisotopic (exact) mass is 315 g/mol. The summed E-state index contributed by atoms with van der Waals surface area (Å²) in [5, 5.41) is 6.02. The third-order valence-corrected chi connectivity index (χ3v) is 3.83. The van der Waals surface area contributed by atoms with Crippen molar-refractivity contribution < 1.29 is 13.3 Å². The summed E-state index contributed by atoms with van der Waals surface area (Å²) in [5.74, 6) is 0.961. The molecule has 110 valence electrons. The summed E-state index contributed by atoms with van der Waals surface area (Å²) < 4.78 is 17.0. The molecule has 0 aliphatic carbocycles. The third kappa shape index (κ3) is 2.29. The van der Waals surface area contributed by atoms with Crippen molar-refractivity contribution in [2.75, 3.05) is 0 Å². The van der Waals surface area contributed by atoms with Gasteiger partial charge >= 0.3 is 5.76 Å². The fraction of sp³-hybridized carbons (Fsp3) is 0.0714. The minimum atomic E-state index is -0.595. The van der Waals surface area contributed by atoms with Crippen LogP contribution in [-0.4, -0.2) is 14.8 Å². The molecule has 0 bridgehead atoms. The number of nitrogens with zero attached hydrogens (tertiary/aromatic N) is 3. The van der Waals surface area contributed by atoms with Gasteiger partial charge in [-0.05, 0) is 23.6 Å². The Labute approximate surface area is 127 Å². The lowest BCUT2D eigenvalue weighted by Crippen LogP contribution is -2.16. The quantitative estimate of drug-likeness (QED) is 0.575.